The third-order valence-corrected chi connectivity index (χ3v) is 4.20. The van der Waals surface area contributed by atoms with Crippen LogP contribution < -0.4 is 5.32 Å². The number of carbonyl (C=O) groups is 1. The van der Waals surface area contributed by atoms with Crippen molar-refractivity contribution < 1.29 is 4.79 Å². The third kappa shape index (κ3) is 4.39. The van der Waals surface area contributed by atoms with Crippen molar-refractivity contribution in [3.8, 4) is 0 Å². The fourth-order valence-electron chi connectivity index (χ4n) is 3.02. The van der Waals surface area contributed by atoms with Gasteiger partial charge in [-0.2, -0.15) is 5.10 Å². The molecule has 0 aromatic carbocycles. The highest BCUT2D eigenvalue weighted by molar-refractivity contribution is 5.78. The number of amides is 1. The van der Waals surface area contributed by atoms with Gasteiger partial charge < -0.3 is 5.32 Å². The van der Waals surface area contributed by atoms with Crippen LogP contribution in [0.3, 0.4) is 0 Å². The molecule has 0 radical (unpaired) electrons. The average Bonchev–Trinajstić information content (AvgIpc) is 3.16. The molecule has 0 spiro atoms. The summed E-state index contributed by atoms with van der Waals surface area (Å²) in [5.74, 6) is 0.0548. The molecular formula is C17H23N5O. The van der Waals surface area contributed by atoms with Crippen molar-refractivity contribution in [3.05, 3.63) is 48.0 Å². The summed E-state index contributed by atoms with van der Waals surface area (Å²) in [5, 5.41) is 7.30. The molecule has 0 bridgehead atoms. The number of hydrogen-bond acceptors (Lipinski definition) is 4. The third-order valence-electron chi connectivity index (χ3n) is 4.20. The maximum absolute atomic E-state index is 12.2. The number of pyridine rings is 1. The summed E-state index contributed by atoms with van der Waals surface area (Å²) in [5.41, 5.74) is 2.05. The Morgan fingerprint density at radius 2 is 2.35 bits per heavy atom. The lowest BCUT2D eigenvalue weighted by Crippen LogP contribution is -2.41. The molecule has 2 aromatic rings. The molecule has 1 unspecified atom stereocenters. The molecule has 1 aliphatic rings. The summed E-state index contributed by atoms with van der Waals surface area (Å²) >= 11 is 0. The fourth-order valence-corrected chi connectivity index (χ4v) is 3.02. The van der Waals surface area contributed by atoms with Crippen LogP contribution in [-0.2, 0) is 17.9 Å². The van der Waals surface area contributed by atoms with Gasteiger partial charge in [-0.25, -0.2) is 0 Å². The van der Waals surface area contributed by atoms with Crippen LogP contribution in [0.15, 0.2) is 36.8 Å². The Morgan fingerprint density at radius 1 is 1.43 bits per heavy atom. The minimum Gasteiger partial charge on any atom is -0.349 e. The lowest BCUT2D eigenvalue weighted by atomic mass is 10.2. The summed E-state index contributed by atoms with van der Waals surface area (Å²) in [6.07, 6.45) is 7.92. The molecule has 2 aromatic heterocycles. The number of carbonyl (C=O) groups excluding carboxylic acids is 1. The molecule has 0 saturated carbocycles. The maximum Gasteiger partial charge on any atom is 0.234 e. The number of nitrogens with zero attached hydrogens (tertiary/aromatic N) is 4. The number of hydrogen-bond donors (Lipinski definition) is 1. The van der Waals surface area contributed by atoms with Gasteiger partial charge in [-0.05, 0) is 44.0 Å². The summed E-state index contributed by atoms with van der Waals surface area (Å²) in [4.78, 5) is 18.6. The highest BCUT2D eigenvalue weighted by atomic mass is 16.2. The molecule has 6 nitrogen and oxygen atoms in total. The monoisotopic (exact) mass is 313 g/mol. The van der Waals surface area contributed by atoms with E-state index in [1.807, 2.05) is 36.0 Å². The van der Waals surface area contributed by atoms with Crippen molar-refractivity contribution in [3.63, 3.8) is 0 Å². The maximum atomic E-state index is 12.2. The Labute approximate surface area is 136 Å². The van der Waals surface area contributed by atoms with Crippen LogP contribution in [0.2, 0.25) is 0 Å². The zero-order chi connectivity index (χ0) is 16.1. The SMILES string of the molecule is Cc1cnn(CC2CCCN2CC(=O)NCc2ccccn2)c1. The highest BCUT2D eigenvalue weighted by Crippen LogP contribution is 2.18. The Bertz CT molecular complexity index is 639. The molecule has 1 saturated heterocycles. The Balaban J connectivity index is 1.49. The van der Waals surface area contributed by atoms with Crippen LogP contribution in [0.25, 0.3) is 0 Å². The van der Waals surface area contributed by atoms with E-state index < -0.39 is 0 Å². The standard InChI is InChI=1S/C17H23N5O/c1-14-9-20-22(11-14)12-16-6-4-8-21(16)13-17(23)19-10-15-5-2-3-7-18-15/h2-3,5,7,9,11,16H,4,6,8,10,12-13H2,1H3,(H,19,23). The molecule has 6 heteroatoms. The summed E-state index contributed by atoms with van der Waals surface area (Å²) in [6, 6.07) is 6.10. The van der Waals surface area contributed by atoms with E-state index in [1.54, 1.807) is 6.20 Å². The molecule has 1 fully saturated rings. The van der Waals surface area contributed by atoms with Crippen LogP contribution in [0.1, 0.15) is 24.1 Å². The fraction of sp³-hybridized carbons (Fsp3) is 0.471. The van der Waals surface area contributed by atoms with Gasteiger partial charge >= 0.3 is 0 Å². The molecule has 1 aliphatic heterocycles. The summed E-state index contributed by atoms with van der Waals surface area (Å²) < 4.78 is 1.98. The van der Waals surface area contributed by atoms with E-state index in [0.717, 1.165) is 31.6 Å². The van der Waals surface area contributed by atoms with Gasteiger partial charge in [0.1, 0.15) is 0 Å². The molecule has 122 valence electrons. The number of rotatable bonds is 6. The van der Waals surface area contributed by atoms with E-state index in [2.05, 4.69) is 26.5 Å². The molecular weight excluding hydrogens is 290 g/mol. The van der Waals surface area contributed by atoms with E-state index in [4.69, 9.17) is 0 Å². The van der Waals surface area contributed by atoms with Crippen LogP contribution in [0, 0.1) is 6.92 Å². The second-order valence-corrected chi connectivity index (χ2v) is 6.10. The van der Waals surface area contributed by atoms with Gasteiger partial charge in [0.05, 0.1) is 31.5 Å². The lowest BCUT2D eigenvalue weighted by molar-refractivity contribution is -0.122. The van der Waals surface area contributed by atoms with E-state index in [-0.39, 0.29) is 5.91 Å². The smallest absolute Gasteiger partial charge is 0.234 e. The second-order valence-electron chi connectivity index (χ2n) is 6.10. The minimum atomic E-state index is 0.0548. The predicted molar refractivity (Wildman–Crippen MR) is 87.6 cm³/mol. The molecule has 3 rings (SSSR count). The van der Waals surface area contributed by atoms with Gasteiger partial charge in [0.15, 0.2) is 0 Å². The molecule has 1 N–H and O–H groups in total. The van der Waals surface area contributed by atoms with Crippen LogP contribution >= 0.6 is 0 Å². The highest BCUT2D eigenvalue weighted by Gasteiger charge is 2.26. The largest absolute Gasteiger partial charge is 0.349 e. The average molecular weight is 313 g/mol. The summed E-state index contributed by atoms with van der Waals surface area (Å²) in [6.45, 7) is 4.79. The van der Waals surface area contributed by atoms with Gasteiger partial charge in [0.2, 0.25) is 5.91 Å². The Hall–Kier alpha value is -2.21. The van der Waals surface area contributed by atoms with Crippen LogP contribution in [0.5, 0.6) is 0 Å². The van der Waals surface area contributed by atoms with E-state index in [1.165, 1.54) is 5.56 Å². The van der Waals surface area contributed by atoms with E-state index >= 15 is 0 Å². The summed E-state index contributed by atoms with van der Waals surface area (Å²) in [7, 11) is 0. The van der Waals surface area contributed by atoms with Gasteiger partial charge in [0, 0.05) is 18.4 Å². The molecule has 23 heavy (non-hydrogen) atoms. The number of likely N-dealkylation sites (tertiary alicyclic amines) is 1. The Morgan fingerprint density at radius 3 is 3.09 bits per heavy atom. The quantitative estimate of drug-likeness (QED) is 0.875. The Kier molecular flexibility index (Phi) is 5.02. The number of aromatic nitrogens is 3. The number of aryl methyl sites for hydroxylation is 1. The van der Waals surface area contributed by atoms with Gasteiger partial charge in [-0.1, -0.05) is 6.07 Å². The second kappa shape index (κ2) is 7.37. The predicted octanol–water partition coefficient (Wildman–Crippen LogP) is 1.37. The van der Waals surface area contributed by atoms with Gasteiger partial charge in [-0.15, -0.1) is 0 Å². The first-order chi connectivity index (χ1) is 11.2. The lowest BCUT2D eigenvalue weighted by Gasteiger charge is -2.23. The first-order valence-corrected chi connectivity index (χ1v) is 8.10. The van der Waals surface area contributed by atoms with Crippen molar-refractivity contribution in [2.75, 3.05) is 13.1 Å². The van der Waals surface area contributed by atoms with Gasteiger partial charge in [0.25, 0.3) is 0 Å². The first kappa shape index (κ1) is 15.7. The van der Waals surface area contributed by atoms with E-state index in [0.29, 0.717) is 19.1 Å². The zero-order valence-corrected chi connectivity index (χ0v) is 13.5. The van der Waals surface area contributed by atoms with Gasteiger partial charge in [-0.3, -0.25) is 19.4 Å². The topological polar surface area (TPSA) is 63.1 Å². The zero-order valence-electron chi connectivity index (χ0n) is 13.5. The normalized spacial score (nSPS) is 18.2. The van der Waals surface area contributed by atoms with Crippen molar-refractivity contribution in [1.29, 1.82) is 0 Å². The minimum absolute atomic E-state index is 0.0548. The van der Waals surface area contributed by atoms with Crippen LogP contribution in [-0.4, -0.2) is 44.7 Å². The molecule has 0 aliphatic carbocycles. The molecule has 3 heterocycles. The van der Waals surface area contributed by atoms with Crippen LogP contribution in [0.4, 0.5) is 0 Å². The molecule has 1 atom stereocenters. The first-order valence-electron chi connectivity index (χ1n) is 8.10. The number of nitrogens with one attached hydrogen (secondary N) is 1. The van der Waals surface area contributed by atoms with Crippen molar-refractivity contribution in [1.82, 2.24) is 25.0 Å². The van der Waals surface area contributed by atoms with Crippen molar-refractivity contribution in [2.24, 2.45) is 0 Å². The molecule has 1 amide bonds. The van der Waals surface area contributed by atoms with Crippen molar-refractivity contribution in [2.45, 2.75) is 38.9 Å². The van der Waals surface area contributed by atoms with Crippen molar-refractivity contribution >= 4 is 5.91 Å². The van der Waals surface area contributed by atoms with E-state index in [9.17, 15) is 4.79 Å².